The van der Waals surface area contributed by atoms with Crippen molar-refractivity contribution < 1.29 is 9.47 Å². The lowest BCUT2D eigenvalue weighted by Crippen LogP contribution is -2.19. The molecule has 0 unspecified atom stereocenters. The Labute approximate surface area is 124 Å². The van der Waals surface area contributed by atoms with Crippen LogP contribution in [0.5, 0.6) is 5.75 Å². The summed E-state index contributed by atoms with van der Waals surface area (Å²) in [5.74, 6) is 3.12. The summed E-state index contributed by atoms with van der Waals surface area (Å²) < 4.78 is 13.5. The first-order valence-corrected chi connectivity index (χ1v) is 7.37. The fraction of sp³-hybridized carbons (Fsp3) is 0.500. The summed E-state index contributed by atoms with van der Waals surface area (Å²) in [6.45, 7) is 8.91. The molecule has 1 aromatic heterocycles. The van der Waals surface area contributed by atoms with E-state index in [4.69, 9.17) is 9.47 Å². The predicted molar refractivity (Wildman–Crippen MR) is 79.3 cm³/mol. The fourth-order valence-electron chi connectivity index (χ4n) is 2.55. The fourth-order valence-corrected chi connectivity index (χ4v) is 2.55. The Morgan fingerprint density at radius 2 is 2.19 bits per heavy atom. The number of rotatable bonds is 4. The van der Waals surface area contributed by atoms with Crippen LogP contribution >= 0.6 is 0 Å². The van der Waals surface area contributed by atoms with Gasteiger partial charge in [-0.1, -0.05) is 26.0 Å². The number of benzene rings is 1. The van der Waals surface area contributed by atoms with E-state index in [1.165, 1.54) is 11.1 Å². The molecular formula is C16H21N3O2. The third kappa shape index (κ3) is 2.93. The smallest absolute Gasteiger partial charge is 0.171 e. The van der Waals surface area contributed by atoms with E-state index in [0.29, 0.717) is 25.7 Å². The van der Waals surface area contributed by atoms with Gasteiger partial charge in [0.1, 0.15) is 19.0 Å². The first kappa shape index (κ1) is 14.1. The summed E-state index contributed by atoms with van der Waals surface area (Å²) in [4.78, 5) is 0. The van der Waals surface area contributed by atoms with Crippen LogP contribution in [0.2, 0.25) is 0 Å². The molecule has 0 N–H and O–H groups in total. The van der Waals surface area contributed by atoms with Gasteiger partial charge in [0.15, 0.2) is 11.6 Å². The second-order valence-corrected chi connectivity index (χ2v) is 5.72. The molecule has 0 bridgehead atoms. The lowest BCUT2D eigenvalue weighted by molar-refractivity contribution is 0.0794. The first-order valence-electron chi connectivity index (χ1n) is 7.37. The van der Waals surface area contributed by atoms with E-state index in [0.717, 1.165) is 23.9 Å². The monoisotopic (exact) mass is 287 g/mol. The molecule has 0 saturated heterocycles. The van der Waals surface area contributed by atoms with Gasteiger partial charge in [0.05, 0.1) is 6.61 Å². The Hall–Kier alpha value is -1.88. The van der Waals surface area contributed by atoms with Gasteiger partial charge in [-0.05, 0) is 30.0 Å². The van der Waals surface area contributed by atoms with Gasteiger partial charge in [0.25, 0.3) is 0 Å². The maximum atomic E-state index is 6.03. The Bertz CT molecular complexity index is 634. The molecule has 112 valence electrons. The van der Waals surface area contributed by atoms with Crippen LogP contribution in [0.3, 0.4) is 0 Å². The van der Waals surface area contributed by atoms with Gasteiger partial charge < -0.3 is 14.0 Å². The third-order valence-electron chi connectivity index (χ3n) is 3.74. The maximum absolute atomic E-state index is 6.03. The van der Waals surface area contributed by atoms with Crippen molar-refractivity contribution >= 4 is 0 Å². The van der Waals surface area contributed by atoms with Crippen molar-refractivity contribution in [2.24, 2.45) is 0 Å². The molecule has 2 aromatic rings. The standard InChI is InChI=1S/C16H21N3O2/c1-11(2)13-5-4-12(3)8-14(13)21-10-16-18-17-15-9-20-7-6-19(15)16/h4-5,8,11H,6-7,9-10H2,1-3H3. The largest absolute Gasteiger partial charge is 0.485 e. The number of ether oxygens (including phenoxy) is 2. The molecule has 0 atom stereocenters. The molecule has 2 heterocycles. The minimum absolute atomic E-state index is 0.432. The van der Waals surface area contributed by atoms with Gasteiger partial charge in [0.2, 0.25) is 0 Å². The normalized spacial score (nSPS) is 14.3. The topological polar surface area (TPSA) is 49.2 Å². The van der Waals surface area contributed by atoms with Gasteiger partial charge in [-0.25, -0.2) is 0 Å². The van der Waals surface area contributed by atoms with Gasteiger partial charge in [0, 0.05) is 6.54 Å². The highest BCUT2D eigenvalue weighted by Gasteiger charge is 2.17. The zero-order valence-electron chi connectivity index (χ0n) is 12.8. The number of hydrogen-bond donors (Lipinski definition) is 0. The number of hydrogen-bond acceptors (Lipinski definition) is 4. The zero-order chi connectivity index (χ0) is 14.8. The van der Waals surface area contributed by atoms with E-state index in [2.05, 4.69) is 53.7 Å². The van der Waals surface area contributed by atoms with Crippen LogP contribution in [0.4, 0.5) is 0 Å². The molecule has 0 saturated carbocycles. The number of aromatic nitrogens is 3. The second kappa shape index (κ2) is 5.85. The highest BCUT2D eigenvalue weighted by Crippen LogP contribution is 2.28. The number of fused-ring (bicyclic) bond motifs is 1. The summed E-state index contributed by atoms with van der Waals surface area (Å²) in [5, 5.41) is 8.37. The third-order valence-corrected chi connectivity index (χ3v) is 3.74. The van der Waals surface area contributed by atoms with Crippen molar-refractivity contribution in [2.45, 2.75) is 46.4 Å². The quantitative estimate of drug-likeness (QED) is 0.867. The van der Waals surface area contributed by atoms with E-state index in [-0.39, 0.29) is 0 Å². The molecule has 1 aromatic carbocycles. The highest BCUT2D eigenvalue weighted by molar-refractivity contribution is 5.39. The molecule has 21 heavy (non-hydrogen) atoms. The lowest BCUT2D eigenvalue weighted by Gasteiger charge is -2.17. The Balaban J connectivity index is 1.79. The molecule has 0 spiro atoms. The van der Waals surface area contributed by atoms with Gasteiger partial charge in [-0.3, -0.25) is 0 Å². The van der Waals surface area contributed by atoms with E-state index in [1.807, 2.05) is 0 Å². The molecule has 0 aliphatic carbocycles. The van der Waals surface area contributed by atoms with Crippen molar-refractivity contribution in [2.75, 3.05) is 6.61 Å². The minimum atomic E-state index is 0.432. The molecule has 1 aliphatic rings. The van der Waals surface area contributed by atoms with Gasteiger partial charge in [-0.2, -0.15) is 0 Å². The van der Waals surface area contributed by atoms with Crippen molar-refractivity contribution in [3.8, 4) is 5.75 Å². The summed E-state index contributed by atoms with van der Waals surface area (Å²) in [6.07, 6.45) is 0. The number of nitrogens with zero attached hydrogens (tertiary/aromatic N) is 3. The lowest BCUT2D eigenvalue weighted by atomic mass is 10.0. The van der Waals surface area contributed by atoms with Crippen LogP contribution in [0, 0.1) is 6.92 Å². The van der Waals surface area contributed by atoms with Crippen molar-refractivity contribution in [1.82, 2.24) is 14.8 Å². The minimum Gasteiger partial charge on any atom is -0.485 e. The van der Waals surface area contributed by atoms with Crippen molar-refractivity contribution in [1.29, 1.82) is 0 Å². The van der Waals surface area contributed by atoms with Crippen molar-refractivity contribution in [3.05, 3.63) is 41.0 Å². The van der Waals surface area contributed by atoms with Crippen LogP contribution in [0.1, 0.15) is 42.5 Å². The highest BCUT2D eigenvalue weighted by atomic mass is 16.5. The van der Waals surface area contributed by atoms with E-state index in [1.54, 1.807) is 0 Å². The van der Waals surface area contributed by atoms with Crippen molar-refractivity contribution in [3.63, 3.8) is 0 Å². The van der Waals surface area contributed by atoms with E-state index < -0.39 is 0 Å². The average molecular weight is 287 g/mol. The predicted octanol–water partition coefficient (Wildman–Crippen LogP) is 2.82. The van der Waals surface area contributed by atoms with Crippen LogP contribution in [-0.2, 0) is 24.5 Å². The average Bonchev–Trinajstić information content (AvgIpc) is 2.88. The second-order valence-electron chi connectivity index (χ2n) is 5.72. The molecule has 0 radical (unpaired) electrons. The summed E-state index contributed by atoms with van der Waals surface area (Å²) in [6, 6.07) is 6.35. The molecule has 3 rings (SSSR count). The zero-order valence-corrected chi connectivity index (χ0v) is 12.8. The molecule has 5 heteroatoms. The van der Waals surface area contributed by atoms with Gasteiger partial charge >= 0.3 is 0 Å². The Morgan fingerprint density at radius 3 is 3.00 bits per heavy atom. The molecule has 1 aliphatic heterocycles. The molecule has 0 fully saturated rings. The van der Waals surface area contributed by atoms with Crippen LogP contribution in [-0.4, -0.2) is 21.4 Å². The summed E-state index contributed by atoms with van der Waals surface area (Å²) in [7, 11) is 0. The first-order chi connectivity index (χ1) is 10.1. The Morgan fingerprint density at radius 1 is 1.33 bits per heavy atom. The van der Waals surface area contributed by atoms with Crippen LogP contribution in [0.25, 0.3) is 0 Å². The van der Waals surface area contributed by atoms with Crippen LogP contribution < -0.4 is 4.74 Å². The molecular weight excluding hydrogens is 266 g/mol. The molecule has 0 amide bonds. The summed E-state index contributed by atoms with van der Waals surface area (Å²) in [5.41, 5.74) is 2.42. The number of aryl methyl sites for hydroxylation is 1. The maximum Gasteiger partial charge on any atom is 0.171 e. The Kier molecular flexibility index (Phi) is 3.92. The van der Waals surface area contributed by atoms with E-state index in [9.17, 15) is 0 Å². The SMILES string of the molecule is Cc1ccc(C(C)C)c(OCc2nnc3n2CCOC3)c1. The van der Waals surface area contributed by atoms with Crippen LogP contribution in [0.15, 0.2) is 18.2 Å². The molecule has 5 nitrogen and oxygen atoms in total. The summed E-state index contributed by atoms with van der Waals surface area (Å²) >= 11 is 0. The van der Waals surface area contributed by atoms with Gasteiger partial charge in [-0.15, -0.1) is 10.2 Å². The van der Waals surface area contributed by atoms with E-state index >= 15 is 0 Å².